The van der Waals surface area contributed by atoms with Gasteiger partial charge in [-0.1, -0.05) is 12.1 Å². The molecule has 6 nitrogen and oxygen atoms in total. The number of benzene rings is 2. The van der Waals surface area contributed by atoms with Crippen molar-refractivity contribution in [3.8, 4) is 17.2 Å². The third kappa shape index (κ3) is 4.90. The minimum Gasteiger partial charge on any atom is -0.497 e. The highest BCUT2D eigenvalue weighted by Crippen LogP contribution is 2.45. The molecule has 8 heteroatoms. The van der Waals surface area contributed by atoms with Gasteiger partial charge in [0.15, 0.2) is 0 Å². The molecule has 0 unspecified atom stereocenters. The van der Waals surface area contributed by atoms with E-state index in [1.54, 1.807) is 18.3 Å². The van der Waals surface area contributed by atoms with E-state index >= 15 is 0 Å². The quantitative estimate of drug-likeness (QED) is 0.440. The number of hydrogen-bond donors (Lipinski definition) is 1. The molecule has 1 aromatic heterocycles. The van der Waals surface area contributed by atoms with Gasteiger partial charge >= 0.3 is 5.97 Å². The van der Waals surface area contributed by atoms with Gasteiger partial charge in [0.05, 0.1) is 19.7 Å². The Labute approximate surface area is 187 Å². The lowest BCUT2D eigenvalue weighted by Gasteiger charge is -2.16. The molecule has 3 aromatic rings. The van der Waals surface area contributed by atoms with Crippen LogP contribution in [0.25, 0.3) is 5.69 Å². The Morgan fingerprint density at radius 3 is 2.81 bits per heavy atom. The lowest BCUT2D eigenvalue weighted by atomic mass is 9.91. The van der Waals surface area contributed by atoms with E-state index in [2.05, 4.69) is 21.0 Å². The number of halogens is 2. The first-order chi connectivity index (χ1) is 15.0. The summed E-state index contributed by atoms with van der Waals surface area (Å²) in [5.41, 5.74) is 1.99. The molecule has 1 fully saturated rings. The first kappa shape index (κ1) is 21.4. The van der Waals surface area contributed by atoms with Crippen molar-refractivity contribution in [3.05, 3.63) is 70.2 Å². The van der Waals surface area contributed by atoms with E-state index in [0.29, 0.717) is 22.0 Å². The molecule has 1 saturated carbocycles. The van der Waals surface area contributed by atoms with Crippen LogP contribution in [0.5, 0.6) is 11.5 Å². The third-order valence-electron chi connectivity index (χ3n) is 5.43. The predicted molar refractivity (Wildman–Crippen MR) is 116 cm³/mol. The van der Waals surface area contributed by atoms with Crippen molar-refractivity contribution in [2.24, 2.45) is 5.92 Å². The number of ether oxygens (including phenoxy) is 2. The summed E-state index contributed by atoms with van der Waals surface area (Å²) in [7, 11) is 1.52. The van der Waals surface area contributed by atoms with Crippen molar-refractivity contribution in [3.63, 3.8) is 0 Å². The van der Waals surface area contributed by atoms with Gasteiger partial charge in [-0.25, -0.2) is 9.07 Å². The molecule has 1 aliphatic rings. The molecule has 0 spiro atoms. The smallest absolute Gasteiger partial charge is 0.303 e. The maximum absolute atomic E-state index is 14.3. The number of nitrogens with zero attached hydrogens (tertiary/aromatic N) is 2. The predicted octanol–water partition coefficient (Wildman–Crippen LogP) is 5.33. The summed E-state index contributed by atoms with van der Waals surface area (Å²) in [5.74, 6) is 0.405. The number of hydrogen-bond acceptors (Lipinski definition) is 4. The van der Waals surface area contributed by atoms with Crippen LogP contribution in [-0.2, 0) is 11.4 Å². The van der Waals surface area contributed by atoms with Gasteiger partial charge < -0.3 is 14.6 Å². The number of carbonyl (C=O) groups is 1. The second-order valence-corrected chi connectivity index (χ2v) is 8.34. The molecular formula is C23H22BrFN2O4. The average molecular weight is 489 g/mol. The largest absolute Gasteiger partial charge is 0.497 e. The summed E-state index contributed by atoms with van der Waals surface area (Å²) in [5, 5.41) is 13.5. The normalized spacial score (nSPS) is 14.3. The van der Waals surface area contributed by atoms with E-state index < -0.39 is 11.8 Å². The van der Waals surface area contributed by atoms with Crippen LogP contribution in [0, 0.1) is 11.7 Å². The zero-order valence-corrected chi connectivity index (χ0v) is 18.5. The number of rotatable bonds is 9. The van der Waals surface area contributed by atoms with Crippen LogP contribution in [0.1, 0.15) is 36.3 Å². The summed E-state index contributed by atoms with van der Waals surface area (Å²) in [6, 6.07) is 12.0. The molecule has 1 aliphatic carbocycles. The molecule has 0 radical (unpaired) electrons. The molecule has 0 aliphatic heterocycles. The topological polar surface area (TPSA) is 73.6 Å². The van der Waals surface area contributed by atoms with Crippen molar-refractivity contribution in [1.82, 2.24) is 9.78 Å². The zero-order chi connectivity index (χ0) is 22.0. The second kappa shape index (κ2) is 9.09. The Bertz CT molecular complexity index is 1100. The van der Waals surface area contributed by atoms with Crippen LogP contribution in [-0.4, -0.2) is 28.0 Å². The minimum absolute atomic E-state index is 0.00609. The summed E-state index contributed by atoms with van der Waals surface area (Å²) < 4.78 is 27.4. The summed E-state index contributed by atoms with van der Waals surface area (Å²) in [4.78, 5) is 11.3. The standard InChI is InChI=1S/C23H22BrFN2O4/c1-30-17-7-8-20(25)21(10-17)27-23(24)16(12-26-27)13-31-18-4-2-3-15(9-18)19(11-22(28)29)14-5-6-14/h2-4,7-10,12,14,19H,5-6,11,13H2,1H3,(H,28,29)/t19-/m0/s1. The Morgan fingerprint density at radius 1 is 1.29 bits per heavy atom. The highest BCUT2D eigenvalue weighted by molar-refractivity contribution is 9.10. The van der Waals surface area contributed by atoms with Crippen LogP contribution < -0.4 is 9.47 Å². The van der Waals surface area contributed by atoms with Crippen LogP contribution >= 0.6 is 15.9 Å². The molecule has 2 aromatic carbocycles. The Morgan fingerprint density at radius 2 is 2.10 bits per heavy atom. The van der Waals surface area contributed by atoms with E-state index in [1.807, 2.05) is 24.3 Å². The van der Waals surface area contributed by atoms with Crippen molar-refractivity contribution < 1.29 is 23.8 Å². The SMILES string of the molecule is COc1ccc(F)c(-n2ncc(COc3cccc([C@@H](CC(=O)O)C4CC4)c3)c2Br)c1. The monoisotopic (exact) mass is 488 g/mol. The molecule has 1 heterocycles. The molecule has 4 rings (SSSR count). The maximum Gasteiger partial charge on any atom is 0.303 e. The van der Waals surface area contributed by atoms with Crippen LogP contribution in [0.15, 0.2) is 53.3 Å². The molecule has 0 bridgehead atoms. The lowest BCUT2D eigenvalue weighted by molar-refractivity contribution is -0.137. The molecule has 1 N–H and O–H groups in total. The zero-order valence-electron chi connectivity index (χ0n) is 16.9. The average Bonchev–Trinajstić information content (AvgIpc) is 3.54. The van der Waals surface area contributed by atoms with E-state index in [4.69, 9.17) is 9.47 Å². The van der Waals surface area contributed by atoms with Crippen molar-refractivity contribution in [2.75, 3.05) is 7.11 Å². The summed E-state index contributed by atoms with van der Waals surface area (Å²) in [6.45, 7) is 0.225. The first-order valence-electron chi connectivity index (χ1n) is 9.97. The summed E-state index contributed by atoms with van der Waals surface area (Å²) in [6.07, 6.45) is 3.87. The van der Waals surface area contributed by atoms with Gasteiger partial charge in [-0.2, -0.15) is 5.10 Å². The van der Waals surface area contributed by atoms with E-state index in [1.165, 1.54) is 17.9 Å². The van der Waals surface area contributed by atoms with Crippen molar-refractivity contribution in [1.29, 1.82) is 0 Å². The fourth-order valence-electron chi connectivity index (χ4n) is 3.65. The van der Waals surface area contributed by atoms with Crippen LogP contribution in [0.4, 0.5) is 4.39 Å². The highest BCUT2D eigenvalue weighted by Gasteiger charge is 2.33. The van der Waals surface area contributed by atoms with Gasteiger partial charge in [0.1, 0.15) is 34.2 Å². The van der Waals surface area contributed by atoms with Crippen LogP contribution in [0.3, 0.4) is 0 Å². The number of methoxy groups -OCH3 is 1. The van der Waals surface area contributed by atoms with Gasteiger partial charge in [-0.05, 0) is 70.4 Å². The first-order valence-corrected chi connectivity index (χ1v) is 10.8. The number of carboxylic acids is 1. The number of aromatic nitrogens is 2. The van der Waals surface area contributed by atoms with Gasteiger partial charge in [0.2, 0.25) is 0 Å². The summed E-state index contributed by atoms with van der Waals surface area (Å²) >= 11 is 3.48. The molecule has 1 atom stereocenters. The Balaban J connectivity index is 1.50. The van der Waals surface area contributed by atoms with Gasteiger partial charge in [0, 0.05) is 11.6 Å². The maximum atomic E-state index is 14.3. The van der Waals surface area contributed by atoms with Crippen LogP contribution in [0.2, 0.25) is 0 Å². The molecule has 0 saturated heterocycles. The highest BCUT2D eigenvalue weighted by atomic mass is 79.9. The molecule has 0 amide bonds. The van der Waals surface area contributed by atoms with Crippen molar-refractivity contribution in [2.45, 2.75) is 31.8 Å². The van der Waals surface area contributed by atoms with E-state index in [-0.39, 0.29) is 24.6 Å². The Kier molecular flexibility index (Phi) is 6.27. The van der Waals surface area contributed by atoms with Crippen molar-refractivity contribution >= 4 is 21.9 Å². The fraction of sp³-hybridized carbons (Fsp3) is 0.304. The van der Waals surface area contributed by atoms with Gasteiger partial charge in [-0.15, -0.1) is 0 Å². The molecule has 162 valence electrons. The van der Waals surface area contributed by atoms with E-state index in [9.17, 15) is 14.3 Å². The van der Waals surface area contributed by atoms with Gasteiger partial charge in [-0.3, -0.25) is 4.79 Å². The lowest BCUT2D eigenvalue weighted by Crippen LogP contribution is -2.08. The minimum atomic E-state index is -0.788. The second-order valence-electron chi connectivity index (χ2n) is 7.59. The third-order valence-corrected chi connectivity index (χ3v) is 6.27. The Hall–Kier alpha value is -2.87. The fourth-order valence-corrected chi connectivity index (χ4v) is 4.15. The number of carboxylic acid groups (broad SMARTS) is 1. The number of aliphatic carboxylic acids is 1. The van der Waals surface area contributed by atoms with E-state index in [0.717, 1.165) is 24.0 Å². The molecular weight excluding hydrogens is 467 g/mol. The molecule has 31 heavy (non-hydrogen) atoms. The van der Waals surface area contributed by atoms with Gasteiger partial charge in [0.25, 0.3) is 0 Å².